The second-order valence-electron chi connectivity index (χ2n) is 7.13. The highest BCUT2D eigenvalue weighted by Crippen LogP contribution is 2.38. The maximum atomic E-state index is 6.28. The number of thiophene rings is 1. The molecule has 0 fully saturated rings. The largest absolute Gasteiger partial charge is 0.495 e. The zero-order valence-corrected chi connectivity index (χ0v) is 18.0. The lowest BCUT2D eigenvalue weighted by Gasteiger charge is -2.22. The number of aromatic nitrogens is 4. The topological polar surface area (TPSA) is 89.2 Å². The minimum absolute atomic E-state index is 0.302. The molecule has 5 rings (SSSR count). The molecule has 4 aromatic rings. The van der Waals surface area contributed by atoms with E-state index in [-0.39, 0.29) is 0 Å². The number of methoxy groups -OCH3 is 1. The molecule has 1 N–H and O–H groups in total. The number of nitrogens with one attached hydrogen (secondary N) is 1. The third kappa shape index (κ3) is 3.49. The first-order valence-corrected chi connectivity index (χ1v) is 10.7. The molecule has 0 radical (unpaired) electrons. The van der Waals surface area contributed by atoms with Crippen LogP contribution in [0.3, 0.4) is 0 Å². The van der Waals surface area contributed by atoms with Gasteiger partial charge in [-0.2, -0.15) is 0 Å². The van der Waals surface area contributed by atoms with Crippen molar-refractivity contribution < 1.29 is 9.15 Å². The highest BCUT2D eigenvalue weighted by Gasteiger charge is 2.24. The fourth-order valence-corrected chi connectivity index (χ4v) is 5.20. The first-order valence-electron chi connectivity index (χ1n) is 9.46. The number of fused-ring (bicyclic) bond motifs is 3. The zero-order chi connectivity index (χ0) is 20.7. The molecule has 3 aromatic heterocycles. The van der Waals surface area contributed by atoms with Crippen molar-refractivity contribution in [3.63, 3.8) is 0 Å². The lowest BCUT2D eigenvalue weighted by Crippen LogP contribution is -2.25. The van der Waals surface area contributed by atoms with Gasteiger partial charge in [-0.15, -0.1) is 21.5 Å². The average molecular weight is 443 g/mol. The van der Waals surface area contributed by atoms with Crippen LogP contribution in [0.5, 0.6) is 5.75 Å². The first kappa shape index (κ1) is 19.2. The highest BCUT2D eigenvalue weighted by molar-refractivity contribution is 7.19. The van der Waals surface area contributed by atoms with Crippen LogP contribution in [0.25, 0.3) is 21.9 Å². The van der Waals surface area contributed by atoms with Crippen LogP contribution < -0.4 is 10.1 Å². The summed E-state index contributed by atoms with van der Waals surface area (Å²) in [6, 6.07) is 5.73. The van der Waals surface area contributed by atoms with Gasteiger partial charge in [-0.25, -0.2) is 9.97 Å². The van der Waals surface area contributed by atoms with Gasteiger partial charge < -0.3 is 19.4 Å². The number of benzene rings is 1. The van der Waals surface area contributed by atoms with Crippen LogP contribution in [0.2, 0.25) is 5.02 Å². The van der Waals surface area contributed by atoms with Crippen molar-refractivity contribution in [2.75, 3.05) is 26.0 Å². The molecule has 1 aliphatic rings. The summed E-state index contributed by atoms with van der Waals surface area (Å²) >= 11 is 7.98. The van der Waals surface area contributed by atoms with Crippen molar-refractivity contribution >= 4 is 39.0 Å². The lowest BCUT2D eigenvalue weighted by atomic mass is 10.1. The summed E-state index contributed by atoms with van der Waals surface area (Å²) in [6.45, 7) is 2.49. The van der Waals surface area contributed by atoms with Gasteiger partial charge in [0.05, 0.1) is 17.5 Å². The Morgan fingerprint density at radius 3 is 3.00 bits per heavy atom. The van der Waals surface area contributed by atoms with Crippen molar-refractivity contribution in [3.8, 4) is 17.5 Å². The molecule has 10 heteroatoms. The molecule has 0 atom stereocenters. The van der Waals surface area contributed by atoms with Crippen molar-refractivity contribution in [1.82, 2.24) is 25.1 Å². The average Bonchev–Trinajstić information content (AvgIpc) is 3.39. The summed E-state index contributed by atoms with van der Waals surface area (Å²) < 4.78 is 10.6. The van der Waals surface area contributed by atoms with Crippen LogP contribution in [-0.4, -0.2) is 45.8 Å². The maximum absolute atomic E-state index is 6.28. The van der Waals surface area contributed by atoms with E-state index < -0.39 is 0 Å². The van der Waals surface area contributed by atoms with E-state index >= 15 is 0 Å². The van der Waals surface area contributed by atoms with Gasteiger partial charge in [0.1, 0.15) is 16.4 Å². The van der Waals surface area contributed by atoms with E-state index in [1.165, 1.54) is 16.8 Å². The van der Waals surface area contributed by atoms with E-state index in [0.717, 1.165) is 41.1 Å². The van der Waals surface area contributed by atoms with Gasteiger partial charge in [0, 0.05) is 24.5 Å². The Bertz CT molecular complexity index is 1210. The quantitative estimate of drug-likeness (QED) is 0.496. The van der Waals surface area contributed by atoms with Gasteiger partial charge in [-0.05, 0) is 36.7 Å². The molecule has 0 aliphatic carbocycles. The van der Waals surface area contributed by atoms with Crippen LogP contribution >= 0.6 is 22.9 Å². The minimum Gasteiger partial charge on any atom is -0.495 e. The summed E-state index contributed by atoms with van der Waals surface area (Å²) in [6.07, 6.45) is 2.25. The number of rotatable bonds is 5. The molecule has 0 saturated carbocycles. The minimum atomic E-state index is 0.302. The summed E-state index contributed by atoms with van der Waals surface area (Å²) in [5, 5.41) is 12.9. The smallest absolute Gasteiger partial charge is 0.285 e. The molecular formula is C20H19ClN6O2S. The number of anilines is 1. The molecule has 4 heterocycles. The molecule has 0 spiro atoms. The summed E-state index contributed by atoms with van der Waals surface area (Å²) in [7, 11) is 3.74. The Kier molecular flexibility index (Phi) is 5.01. The molecule has 0 amide bonds. The Balaban J connectivity index is 1.55. The fraction of sp³-hybridized carbons (Fsp3) is 0.300. The van der Waals surface area contributed by atoms with Gasteiger partial charge >= 0.3 is 0 Å². The number of hydrogen-bond donors (Lipinski definition) is 1. The van der Waals surface area contributed by atoms with Gasteiger partial charge in [-0.1, -0.05) is 17.7 Å². The Hall–Kier alpha value is -2.75. The first-order chi connectivity index (χ1) is 14.6. The predicted molar refractivity (Wildman–Crippen MR) is 116 cm³/mol. The second-order valence-corrected chi connectivity index (χ2v) is 8.62. The Morgan fingerprint density at radius 2 is 2.23 bits per heavy atom. The van der Waals surface area contributed by atoms with Gasteiger partial charge in [0.25, 0.3) is 5.89 Å². The van der Waals surface area contributed by atoms with E-state index in [1.54, 1.807) is 18.4 Å². The molecule has 30 heavy (non-hydrogen) atoms. The van der Waals surface area contributed by atoms with E-state index in [9.17, 15) is 0 Å². The molecule has 0 unspecified atom stereocenters. The third-order valence-corrected chi connectivity index (χ3v) is 6.52. The van der Waals surface area contributed by atoms with Crippen LogP contribution in [0.15, 0.2) is 29.0 Å². The normalized spacial score (nSPS) is 14.1. The standard InChI is InChI=1S/C20H19ClN6O2S/c1-27-6-5-12-15(9-27)30-20-16(12)17(24-18(25-20)19-26-23-10-29-19)22-8-11-3-4-14(28-2)13(21)7-11/h3-4,7,10H,5-6,8-9H2,1-2H3,(H,22,24,25). The van der Waals surface area contributed by atoms with Crippen molar-refractivity contribution in [1.29, 1.82) is 0 Å². The molecule has 1 aromatic carbocycles. The zero-order valence-electron chi connectivity index (χ0n) is 16.5. The summed E-state index contributed by atoms with van der Waals surface area (Å²) in [5.74, 6) is 2.14. The van der Waals surface area contributed by atoms with Crippen LogP contribution in [0.4, 0.5) is 5.82 Å². The van der Waals surface area contributed by atoms with E-state index in [0.29, 0.717) is 29.0 Å². The highest BCUT2D eigenvalue weighted by atomic mass is 35.5. The number of nitrogens with zero attached hydrogens (tertiary/aromatic N) is 5. The van der Waals surface area contributed by atoms with Crippen molar-refractivity contribution in [2.24, 2.45) is 0 Å². The van der Waals surface area contributed by atoms with Crippen LogP contribution in [0.1, 0.15) is 16.0 Å². The summed E-state index contributed by atoms with van der Waals surface area (Å²) in [4.78, 5) is 14.0. The molecule has 0 saturated heterocycles. The Labute approximate surface area is 181 Å². The molecular weight excluding hydrogens is 424 g/mol. The van der Waals surface area contributed by atoms with Gasteiger partial charge in [0.15, 0.2) is 0 Å². The molecule has 0 bridgehead atoms. The van der Waals surface area contributed by atoms with Gasteiger partial charge in [-0.3, -0.25) is 0 Å². The van der Waals surface area contributed by atoms with E-state index in [4.69, 9.17) is 30.7 Å². The van der Waals surface area contributed by atoms with E-state index in [1.807, 2.05) is 18.2 Å². The number of likely N-dealkylation sites (N-methyl/N-ethyl adjacent to an activating group) is 1. The number of ether oxygens (including phenoxy) is 1. The molecule has 1 aliphatic heterocycles. The summed E-state index contributed by atoms with van der Waals surface area (Å²) in [5.41, 5.74) is 2.34. The van der Waals surface area contributed by atoms with Crippen molar-refractivity contribution in [2.45, 2.75) is 19.5 Å². The lowest BCUT2D eigenvalue weighted by molar-refractivity contribution is 0.318. The number of halogens is 1. The van der Waals surface area contributed by atoms with Crippen molar-refractivity contribution in [3.05, 3.63) is 45.6 Å². The molecule has 8 nitrogen and oxygen atoms in total. The van der Waals surface area contributed by atoms with E-state index in [2.05, 4.69) is 27.5 Å². The second kappa shape index (κ2) is 7.82. The van der Waals surface area contributed by atoms with Crippen LogP contribution in [0, 0.1) is 0 Å². The predicted octanol–water partition coefficient (Wildman–Crippen LogP) is 4.00. The van der Waals surface area contributed by atoms with Gasteiger partial charge in [0.2, 0.25) is 12.2 Å². The molecule has 154 valence electrons. The fourth-order valence-electron chi connectivity index (χ4n) is 3.62. The monoisotopic (exact) mass is 442 g/mol. The number of hydrogen-bond acceptors (Lipinski definition) is 9. The SMILES string of the molecule is COc1ccc(CNc2nc(-c3nnco3)nc3sc4c(c23)CCN(C)C4)cc1Cl. The third-order valence-electron chi connectivity index (χ3n) is 5.12. The Morgan fingerprint density at radius 1 is 1.33 bits per heavy atom. The van der Waals surface area contributed by atoms with Crippen LogP contribution in [-0.2, 0) is 19.5 Å². The maximum Gasteiger partial charge on any atom is 0.285 e.